The molecule has 1 aromatic carbocycles. The van der Waals surface area contributed by atoms with E-state index in [4.69, 9.17) is 0 Å². The summed E-state index contributed by atoms with van der Waals surface area (Å²) in [5.74, 6) is 0.403. The second kappa shape index (κ2) is 5.93. The Hall–Kier alpha value is -2.14. The Balaban J connectivity index is 1.83. The molecule has 114 valence electrons. The van der Waals surface area contributed by atoms with Gasteiger partial charge in [0.1, 0.15) is 0 Å². The number of fused-ring (bicyclic) bond motifs is 1. The van der Waals surface area contributed by atoms with E-state index in [9.17, 15) is 4.79 Å². The first-order valence-corrected chi connectivity index (χ1v) is 8.18. The van der Waals surface area contributed by atoms with E-state index in [0.717, 1.165) is 21.9 Å². The van der Waals surface area contributed by atoms with Crippen molar-refractivity contribution in [3.05, 3.63) is 41.5 Å². The van der Waals surface area contributed by atoms with Crippen molar-refractivity contribution in [2.75, 3.05) is 5.32 Å². The number of rotatable bonds is 4. The molecular formula is C17H19N3OS. The van der Waals surface area contributed by atoms with Gasteiger partial charge in [-0.15, -0.1) is 11.3 Å². The predicted molar refractivity (Wildman–Crippen MR) is 91.3 cm³/mol. The summed E-state index contributed by atoms with van der Waals surface area (Å²) in [5, 5.41) is 2.95. The first kappa shape index (κ1) is 14.8. The van der Waals surface area contributed by atoms with E-state index in [0.29, 0.717) is 12.3 Å². The summed E-state index contributed by atoms with van der Waals surface area (Å²) >= 11 is 1.67. The van der Waals surface area contributed by atoms with Crippen molar-refractivity contribution in [3.63, 3.8) is 0 Å². The van der Waals surface area contributed by atoms with Crippen molar-refractivity contribution in [1.82, 2.24) is 9.38 Å². The van der Waals surface area contributed by atoms with E-state index >= 15 is 0 Å². The largest absolute Gasteiger partial charge is 0.326 e. The van der Waals surface area contributed by atoms with Gasteiger partial charge in [-0.05, 0) is 25.0 Å². The number of nitrogens with zero attached hydrogens (tertiary/aromatic N) is 2. The Morgan fingerprint density at radius 2 is 2.18 bits per heavy atom. The molecule has 2 heterocycles. The van der Waals surface area contributed by atoms with Crippen LogP contribution in [0.4, 0.5) is 5.69 Å². The summed E-state index contributed by atoms with van der Waals surface area (Å²) in [6, 6.07) is 7.83. The van der Waals surface area contributed by atoms with Gasteiger partial charge in [0.05, 0.1) is 5.69 Å². The van der Waals surface area contributed by atoms with Gasteiger partial charge >= 0.3 is 0 Å². The number of aryl methyl sites for hydroxylation is 1. The highest BCUT2D eigenvalue weighted by Crippen LogP contribution is 2.25. The summed E-state index contributed by atoms with van der Waals surface area (Å²) in [6.45, 7) is 6.15. The average Bonchev–Trinajstić information content (AvgIpc) is 2.95. The third-order valence-corrected chi connectivity index (χ3v) is 4.22. The number of aromatic nitrogens is 2. The number of carbonyl (C=O) groups is 1. The molecule has 0 radical (unpaired) electrons. The van der Waals surface area contributed by atoms with Crippen molar-refractivity contribution in [1.29, 1.82) is 0 Å². The smallest absolute Gasteiger partial charge is 0.224 e. The van der Waals surface area contributed by atoms with Crippen molar-refractivity contribution < 1.29 is 4.79 Å². The molecule has 0 aliphatic heterocycles. The summed E-state index contributed by atoms with van der Waals surface area (Å²) in [6.07, 6.45) is 4.63. The number of carbonyl (C=O) groups excluding carboxylic acids is 1. The fourth-order valence-corrected chi connectivity index (χ4v) is 3.20. The molecule has 5 heteroatoms. The van der Waals surface area contributed by atoms with Gasteiger partial charge in [-0.1, -0.05) is 26.0 Å². The molecule has 2 aromatic heterocycles. The number of imidazole rings is 1. The van der Waals surface area contributed by atoms with Crippen LogP contribution >= 0.6 is 11.3 Å². The average molecular weight is 313 g/mol. The number of hydrogen-bond acceptors (Lipinski definition) is 3. The topological polar surface area (TPSA) is 46.4 Å². The minimum atomic E-state index is 0.0496. The van der Waals surface area contributed by atoms with Crippen molar-refractivity contribution in [2.45, 2.75) is 27.2 Å². The van der Waals surface area contributed by atoms with Gasteiger partial charge < -0.3 is 5.32 Å². The molecule has 0 aliphatic carbocycles. The van der Waals surface area contributed by atoms with Gasteiger partial charge in [0.15, 0.2) is 4.96 Å². The molecule has 3 rings (SSSR count). The van der Waals surface area contributed by atoms with Crippen LogP contribution in [0.2, 0.25) is 0 Å². The number of nitrogens with one attached hydrogen (secondary N) is 1. The molecule has 3 aromatic rings. The lowest BCUT2D eigenvalue weighted by atomic mass is 10.1. The Bertz CT molecular complexity index is 785. The molecule has 0 saturated carbocycles. The molecule has 0 aliphatic rings. The second-order valence-electron chi connectivity index (χ2n) is 5.88. The minimum absolute atomic E-state index is 0.0496. The monoisotopic (exact) mass is 313 g/mol. The van der Waals surface area contributed by atoms with Crippen molar-refractivity contribution >= 4 is 27.9 Å². The number of amides is 1. The predicted octanol–water partition coefficient (Wildman–Crippen LogP) is 4.36. The first-order valence-electron chi connectivity index (χ1n) is 7.36. The minimum Gasteiger partial charge on any atom is -0.326 e. The van der Waals surface area contributed by atoms with Crippen LogP contribution in [0.15, 0.2) is 36.7 Å². The highest BCUT2D eigenvalue weighted by Gasteiger charge is 2.09. The fraction of sp³-hybridized carbons (Fsp3) is 0.294. The van der Waals surface area contributed by atoms with Crippen LogP contribution in [-0.2, 0) is 4.79 Å². The Morgan fingerprint density at radius 3 is 2.91 bits per heavy atom. The summed E-state index contributed by atoms with van der Waals surface area (Å²) in [4.78, 5) is 18.7. The fourth-order valence-electron chi connectivity index (χ4n) is 2.39. The number of anilines is 1. The SMILES string of the molecule is Cc1cn2cc(-c3cccc(NC(=O)CC(C)C)c3)nc2s1. The van der Waals surface area contributed by atoms with E-state index in [2.05, 4.69) is 23.4 Å². The van der Waals surface area contributed by atoms with Gasteiger partial charge in [0, 0.05) is 34.9 Å². The molecule has 1 amide bonds. The molecule has 22 heavy (non-hydrogen) atoms. The highest BCUT2D eigenvalue weighted by atomic mass is 32.1. The number of thiazole rings is 1. The highest BCUT2D eigenvalue weighted by molar-refractivity contribution is 7.17. The summed E-state index contributed by atoms with van der Waals surface area (Å²) in [5.41, 5.74) is 2.75. The number of hydrogen-bond donors (Lipinski definition) is 1. The lowest BCUT2D eigenvalue weighted by Gasteiger charge is -2.08. The van der Waals surface area contributed by atoms with Crippen LogP contribution in [0, 0.1) is 12.8 Å². The van der Waals surface area contributed by atoms with Gasteiger partial charge in [-0.2, -0.15) is 0 Å². The van der Waals surface area contributed by atoms with Crippen LogP contribution in [0.25, 0.3) is 16.2 Å². The van der Waals surface area contributed by atoms with Gasteiger partial charge in [-0.3, -0.25) is 9.20 Å². The Kier molecular flexibility index (Phi) is 3.98. The third kappa shape index (κ3) is 3.20. The quantitative estimate of drug-likeness (QED) is 0.778. The molecule has 0 bridgehead atoms. The third-order valence-electron chi connectivity index (χ3n) is 3.31. The molecule has 0 saturated heterocycles. The lowest BCUT2D eigenvalue weighted by Crippen LogP contribution is -2.13. The zero-order valence-electron chi connectivity index (χ0n) is 13.0. The van der Waals surface area contributed by atoms with Crippen LogP contribution in [0.3, 0.4) is 0 Å². The molecule has 1 N–H and O–H groups in total. The Labute approximate surface area is 133 Å². The Morgan fingerprint density at radius 1 is 1.36 bits per heavy atom. The van der Waals surface area contributed by atoms with Crippen LogP contribution < -0.4 is 5.32 Å². The lowest BCUT2D eigenvalue weighted by molar-refractivity contribution is -0.116. The molecule has 0 atom stereocenters. The summed E-state index contributed by atoms with van der Waals surface area (Å²) < 4.78 is 2.04. The van der Waals surface area contributed by atoms with Gasteiger partial charge in [0.2, 0.25) is 5.91 Å². The standard InChI is InChI=1S/C17H19N3OS/c1-11(2)7-16(21)18-14-6-4-5-13(8-14)15-10-20-9-12(3)22-17(20)19-15/h4-6,8-11H,7H2,1-3H3,(H,18,21). The van der Waals surface area contributed by atoms with Crippen LogP contribution in [0.5, 0.6) is 0 Å². The maximum absolute atomic E-state index is 11.9. The van der Waals surface area contributed by atoms with Crippen LogP contribution in [-0.4, -0.2) is 15.3 Å². The van der Waals surface area contributed by atoms with Gasteiger partial charge in [0.25, 0.3) is 0 Å². The van der Waals surface area contributed by atoms with Crippen LogP contribution in [0.1, 0.15) is 25.1 Å². The van der Waals surface area contributed by atoms with E-state index < -0.39 is 0 Å². The summed E-state index contributed by atoms with van der Waals surface area (Å²) in [7, 11) is 0. The zero-order valence-corrected chi connectivity index (χ0v) is 13.8. The first-order chi connectivity index (χ1) is 10.5. The molecule has 0 unspecified atom stereocenters. The van der Waals surface area contributed by atoms with Crippen molar-refractivity contribution in [3.8, 4) is 11.3 Å². The van der Waals surface area contributed by atoms with E-state index in [-0.39, 0.29) is 5.91 Å². The normalized spacial score (nSPS) is 11.3. The maximum Gasteiger partial charge on any atom is 0.224 e. The second-order valence-corrected chi connectivity index (χ2v) is 7.10. The van der Waals surface area contributed by atoms with E-state index in [1.165, 1.54) is 4.88 Å². The van der Waals surface area contributed by atoms with E-state index in [1.807, 2.05) is 48.7 Å². The van der Waals surface area contributed by atoms with Crippen molar-refractivity contribution in [2.24, 2.45) is 5.92 Å². The molecule has 0 spiro atoms. The molecular weight excluding hydrogens is 294 g/mol. The number of benzene rings is 1. The molecule has 0 fully saturated rings. The zero-order chi connectivity index (χ0) is 15.7. The maximum atomic E-state index is 11.9. The molecule has 4 nitrogen and oxygen atoms in total. The van der Waals surface area contributed by atoms with Gasteiger partial charge in [-0.25, -0.2) is 4.98 Å². The van der Waals surface area contributed by atoms with E-state index in [1.54, 1.807) is 11.3 Å².